The highest BCUT2D eigenvalue weighted by atomic mass is 127. The molecule has 0 radical (unpaired) electrons. The van der Waals surface area contributed by atoms with Crippen LogP contribution in [0.25, 0.3) is 0 Å². The molecular weight excluding hydrogens is 505 g/mol. The van der Waals surface area contributed by atoms with E-state index in [2.05, 4.69) is 40.1 Å². The lowest BCUT2D eigenvalue weighted by Crippen LogP contribution is -2.50. The molecule has 1 aromatic carbocycles. The number of rotatable bonds is 6. The van der Waals surface area contributed by atoms with E-state index in [4.69, 9.17) is 4.74 Å². The van der Waals surface area contributed by atoms with Crippen molar-refractivity contribution >= 4 is 35.8 Å². The maximum atomic E-state index is 12.1. The number of carbonyl (C=O) groups is 1. The lowest BCUT2D eigenvalue weighted by atomic mass is 10.0. The third kappa shape index (κ3) is 7.68. The minimum Gasteiger partial charge on any atom is -0.493 e. The lowest BCUT2D eigenvalue weighted by molar-refractivity contribution is -0.127. The SMILES string of the molecule is C=C(C)CN1CCC(NC(=NCC(=O)N(C)C)NC2CCOc3ccccc32)CC1.I. The molecule has 1 amide bonds. The van der Waals surface area contributed by atoms with Crippen molar-refractivity contribution in [1.82, 2.24) is 20.4 Å². The number of piperidine rings is 1. The molecule has 2 aliphatic rings. The van der Waals surface area contributed by atoms with Crippen molar-refractivity contribution in [1.29, 1.82) is 0 Å². The molecule has 31 heavy (non-hydrogen) atoms. The Labute approximate surface area is 203 Å². The van der Waals surface area contributed by atoms with Crippen LogP contribution in [-0.2, 0) is 4.79 Å². The molecule has 0 bridgehead atoms. The van der Waals surface area contributed by atoms with Crippen molar-refractivity contribution in [2.45, 2.75) is 38.3 Å². The Morgan fingerprint density at radius 3 is 2.61 bits per heavy atom. The van der Waals surface area contributed by atoms with Crippen molar-refractivity contribution in [3.8, 4) is 5.75 Å². The number of nitrogens with zero attached hydrogens (tertiary/aromatic N) is 3. The van der Waals surface area contributed by atoms with E-state index in [1.807, 2.05) is 18.2 Å². The van der Waals surface area contributed by atoms with Gasteiger partial charge >= 0.3 is 0 Å². The minimum absolute atomic E-state index is 0. The number of hydrogen-bond acceptors (Lipinski definition) is 4. The minimum atomic E-state index is -0.0141. The van der Waals surface area contributed by atoms with Gasteiger partial charge in [-0.05, 0) is 25.8 Å². The Hall–Kier alpha value is -1.81. The number of likely N-dealkylation sites (N-methyl/N-ethyl adjacent to an activating group) is 1. The zero-order valence-electron chi connectivity index (χ0n) is 18.9. The van der Waals surface area contributed by atoms with Gasteiger partial charge in [0.2, 0.25) is 5.91 Å². The van der Waals surface area contributed by atoms with Crippen LogP contribution in [0.1, 0.15) is 37.8 Å². The molecule has 1 fully saturated rings. The molecule has 1 saturated heterocycles. The predicted octanol–water partition coefficient (Wildman–Crippen LogP) is 2.79. The molecule has 2 aliphatic heterocycles. The van der Waals surface area contributed by atoms with Crippen molar-refractivity contribution < 1.29 is 9.53 Å². The van der Waals surface area contributed by atoms with Gasteiger partial charge in [-0.25, -0.2) is 4.99 Å². The second-order valence-corrected chi connectivity index (χ2v) is 8.48. The van der Waals surface area contributed by atoms with Crippen LogP contribution in [0.15, 0.2) is 41.4 Å². The van der Waals surface area contributed by atoms with Gasteiger partial charge in [0.25, 0.3) is 0 Å². The van der Waals surface area contributed by atoms with Gasteiger partial charge in [-0.1, -0.05) is 30.4 Å². The van der Waals surface area contributed by atoms with Crippen LogP contribution in [0.5, 0.6) is 5.75 Å². The summed E-state index contributed by atoms with van der Waals surface area (Å²) in [6.45, 7) is 9.92. The first-order chi connectivity index (χ1) is 14.4. The summed E-state index contributed by atoms with van der Waals surface area (Å²) in [5, 5.41) is 7.14. The van der Waals surface area contributed by atoms with Gasteiger partial charge in [0.05, 0.1) is 12.6 Å². The molecule has 1 atom stereocenters. The van der Waals surface area contributed by atoms with Crippen LogP contribution < -0.4 is 15.4 Å². The number of ether oxygens (including phenoxy) is 1. The number of hydrogen-bond donors (Lipinski definition) is 2. The average molecular weight is 541 g/mol. The number of likely N-dealkylation sites (tertiary alicyclic amines) is 1. The highest BCUT2D eigenvalue weighted by molar-refractivity contribution is 14.0. The first-order valence-corrected chi connectivity index (χ1v) is 10.8. The maximum Gasteiger partial charge on any atom is 0.243 e. The van der Waals surface area contributed by atoms with Gasteiger partial charge in [0.15, 0.2) is 5.96 Å². The van der Waals surface area contributed by atoms with Crippen molar-refractivity contribution in [3.05, 3.63) is 42.0 Å². The smallest absolute Gasteiger partial charge is 0.243 e. The summed E-state index contributed by atoms with van der Waals surface area (Å²) in [6.07, 6.45) is 2.94. The molecule has 1 unspecified atom stereocenters. The quantitative estimate of drug-likeness (QED) is 0.251. The Bertz CT molecular complexity index is 775. The Balaban J connectivity index is 0.00000341. The first kappa shape index (κ1) is 25.5. The maximum absolute atomic E-state index is 12.1. The van der Waals surface area contributed by atoms with E-state index < -0.39 is 0 Å². The van der Waals surface area contributed by atoms with Gasteiger partial charge in [-0.2, -0.15) is 0 Å². The number of amides is 1. The lowest BCUT2D eigenvalue weighted by Gasteiger charge is -2.34. The van der Waals surface area contributed by atoms with Crippen LogP contribution in [-0.4, -0.2) is 74.6 Å². The van der Waals surface area contributed by atoms with Crippen LogP contribution in [0.2, 0.25) is 0 Å². The summed E-state index contributed by atoms with van der Waals surface area (Å²) in [5.41, 5.74) is 2.33. The van der Waals surface area contributed by atoms with Crippen LogP contribution in [0.4, 0.5) is 0 Å². The average Bonchev–Trinajstić information content (AvgIpc) is 2.73. The monoisotopic (exact) mass is 541 g/mol. The molecule has 1 aromatic rings. The van der Waals surface area contributed by atoms with E-state index in [-0.39, 0.29) is 42.5 Å². The fraction of sp³-hybridized carbons (Fsp3) is 0.565. The fourth-order valence-corrected chi connectivity index (χ4v) is 3.89. The number of guanidine groups is 1. The van der Waals surface area contributed by atoms with E-state index in [1.165, 1.54) is 5.57 Å². The summed E-state index contributed by atoms with van der Waals surface area (Å²) >= 11 is 0. The Kier molecular flexibility index (Phi) is 10.1. The van der Waals surface area contributed by atoms with E-state index >= 15 is 0 Å². The number of carbonyl (C=O) groups excluding carboxylic acids is 1. The van der Waals surface area contributed by atoms with E-state index in [1.54, 1.807) is 19.0 Å². The predicted molar refractivity (Wildman–Crippen MR) is 136 cm³/mol. The van der Waals surface area contributed by atoms with Gasteiger partial charge in [0.1, 0.15) is 12.3 Å². The number of halogens is 1. The molecule has 0 aromatic heterocycles. The van der Waals surface area contributed by atoms with Crippen LogP contribution >= 0.6 is 24.0 Å². The van der Waals surface area contributed by atoms with Crippen LogP contribution in [0, 0.1) is 0 Å². The number of aliphatic imine (C=N–C) groups is 1. The zero-order chi connectivity index (χ0) is 21.5. The second-order valence-electron chi connectivity index (χ2n) is 8.48. The fourth-order valence-electron chi connectivity index (χ4n) is 3.89. The molecule has 2 N–H and O–H groups in total. The first-order valence-electron chi connectivity index (χ1n) is 10.8. The summed E-state index contributed by atoms with van der Waals surface area (Å²) < 4.78 is 5.78. The molecule has 7 nitrogen and oxygen atoms in total. The number of para-hydroxylation sites is 1. The van der Waals surface area contributed by atoms with E-state index in [0.29, 0.717) is 18.6 Å². The van der Waals surface area contributed by atoms with Gasteiger partial charge in [0, 0.05) is 51.8 Å². The molecule has 0 saturated carbocycles. The molecular formula is C23H36IN5O2. The molecule has 0 aliphatic carbocycles. The highest BCUT2D eigenvalue weighted by Gasteiger charge is 2.24. The van der Waals surface area contributed by atoms with Crippen molar-refractivity contribution in [2.75, 3.05) is 46.9 Å². The van der Waals surface area contributed by atoms with Crippen LogP contribution in [0.3, 0.4) is 0 Å². The van der Waals surface area contributed by atoms with Gasteiger partial charge in [-0.15, -0.1) is 24.0 Å². The van der Waals surface area contributed by atoms with Crippen molar-refractivity contribution in [3.63, 3.8) is 0 Å². The number of nitrogens with one attached hydrogen (secondary N) is 2. The van der Waals surface area contributed by atoms with E-state index in [9.17, 15) is 4.79 Å². The Morgan fingerprint density at radius 1 is 1.23 bits per heavy atom. The molecule has 3 rings (SSSR count). The van der Waals surface area contributed by atoms with Crippen molar-refractivity contribution in [2.24, 2.45) is 4.99 Å². The number of benzene rings is 1. The van der Waals surface area contributed by atoms with Gasteiger partial charge < -0.3 is 20.3 Å². The third-order valence-electron chi connectivity index (χ3n) is 5.56. The second kappa shape index (κ2) is 12.3. The number of fused-ring (bicyclic) bond motifs is 1. The molecule has 172 valence electrons. The molecule has 8 heteroatoms. The summed E-state index contributed by atoms with van der Waals surface area (Å²) in [6, 6.07) is 8.55. The highest BCUT2D eigenvalue weighted by Crippen LogP contribution is 2.31. The summed E-state index contributed by atoms with van der Waals surface area (Å²) in [7, 11) is 3.51. The largest absolute Gasteiger partial charge is 0.493 e. The van der Waals surface area contributed by atoms with E-state index in [0.717, 1.165) is 50.2 Å². The third-order valence-corrected chi connectivity index (χ3v) is 5.56. The molecule has 0 spiro atoms. The normalized spacial score (nSPS) is 19.5. The van der Waals surface area contributed by atoms with Gasteiger partial charge in [-0.3, -0.25) is 9.69 Å². The molecule has 2 heterocycles. The standard InChI is InChI=1S/C23H35N5O2.HI/c1-17(2)16-28-12-9-18(10-13-28)25-23(24-15-22(29)27(3)4)26-20-11-14-30-21-8-6-5-7-19(20)21;/h5-8,18,20H,1,9-16H2,2-4H3,(H2,24,25,26);1H. The Morgan fingerprint density at radius 2 is 1.94 bits per heavy atom. The summed E-state index contributed by atoms with van der Waals surface area (Å²) in [4.78, 5) is 20.7. The zero-order valence-corrected chi connectivity index (χ0v) is 21.2. The topological polar surface area (TPSA) is 69.2 Å². The summed E-state index contributed by atoms with van der Waals surface area (Å²) in [5.74, 6) is 1.60.